The molecule has 478 valence electrons. The van der Waals surface area contributed by atoms with Crippen molar-refractivity contribution in [2.45, 2.75) is 328 Å². The highest BCUT2D eigenvalue weighted by atomic mass is 31.2. The second kappa shape index (κ2) is 63.0. The highest BCUT2D eigenvalue weighted by Gasteiger charge is 2.22. The molecule has 0 amide bonds. The summed E-state index contributed by atoms with van der Waals surface area (Å²) in [6, 6.07) is 0. The van der Waals surface area contributed by atoms with Crippen LogP contribution in [0.3, 0.4) is 0 Å². The first-order valence-corrected chi connectivity index (χ1v) is 36.1. The van der Waals surface area contributed by atoms with Crippen LogP contribution in [-0.4, -0.2) is 70.0 Å². The van der Waals surface area contributed by atoms with Crippen LogP contribution < -0.4 is 4.89 Å². The van der Waals surface area contributed by atoms with Crippen LogP contribution >= 0.6 is 7.82 Å². The Morgan fingerprint density at radius 1 is 0.390 bits per heavy atom. The van der Waals surface area contributed by atoms with E-state index in [-0.39, 0.29) is 32.0 Å². The minimum absolute atomic E-state index is 0.0305. The number of phosphoric ester groups is 1. The normalized spacial score (nSPS) is 13.6. The molecule has 0 aromatic carbocycles. The molecule has 0 aliphatic carbocycles. The molecule has 9 nitrogen and oxygen atoms in total. The number of nitrogens with zero attached hydrogens (tertiary/aromatic N) is 1. The average Bonchev–Trinajstić information content (AvgIpc) is 3.45. The van der Waals surface area contributed by atoms with E-state index in [9.17, 15) is 19.0 Å². The number of rotatable bonds is 64. The number of hydrogen-bond acceptors (Lipinski definition) is 8. The molecule has 0 aliphatic rings. The number of quaternary nitrogens is 1. The van der Waals surface area contributed by atoms with E-state index in [1.807, 2.05) is 21.1 Å². The molecule has 0 heterocycles. The summed E-state index contributed by atoms with van der Waals surface area (Å²) in [6.07, 6.45) is 84.1. The summed E-state index contributed by atoms with van der Waals surface area (Å²) >= 11 is 0. The van der Waals surface area contributed by atoms with Gasteiger partial charge in [-0.15, -0.1) is 0 Å². The Balaban J connectivity index is 4.00. The number of phosphoric acid groups is 1. The summed E-state index contributed by atoms with van der Waals surface area (Å²) in [5.74, 6) is -0.820. The van der Waals surface area contributed by atoms with Gasteiger partial charge in [-0.3, -0.25) is 14.2 Å². The summed E-state index contributed by atoms with van der Waals surface area (Å²) in [5, 5.41) is 0. The molecule has 0 rings (SSSR count). The Kier molecular flexibility index (Phi) is 61.0. The van der Waals surface area contributed by atoms with E-state index in [0.717, 1.165) is 70.6 Å². The molecule has 0 aliphatic heterocycles. The predicted molar refractivity (Wildman–Crippen MR) is 351 cm³/mol. The lowest BCUT2D eigenvalue weighted by atomic mass is 10.0. The SMILES string of the molecule is CC/C=C\C/C=C\C/C=C\C/C=C\C/C=C\CCCCCCCCCCCCCCCCCCCCCC(=O)OC(COC(=O)CCCCCCCCCCCCC/C=C\CCCCCCCCCC)COP(=O)([O-])OCC[N+](C)(C)C. The molecule has 2 unspecified atom stereocenters. The molecule has 2 atom stereocenters. The summed E-state index contributed by atoms with van der Waals surface area (Å²) in [5.41, 5.74) is 0. The van der Waals surface area contributed by atoms with Crippen molar-refractivity contribution >= 4 is 19.8 Å². The third-order valence-corrected chi connectivity index (χ3v) is 16.2. The molecule has 0 radical (unpaired) electrons. The van der Waals surface area contributed by atoms with Crippen LogP contribution in [0.4, 0.5) is 0 Å². The second-order valence-electron chi connectivity index (χ2n) is 24.5. The highest BCUT2D eigenvalue weighted by Crippen LogP contribution is 2.38. The maximum Gasteiger partial charge on any atom is 0.306 e. The molecule has 0 spiro atoms. The van der Waals surface area contributed by atoms with Gasteiger partial charge < -0.3 is 27.9 Å². The number of unbranched alkanes of at least 4 members (excludes halogenated alkanes) is 38. The molecule has 0 N–H and O–H groups in total. The molecule has 0 aromatic heterocycles. The van der Waals surface area contributed by atoms with E-state index in [1.54, 1.807) is 0 Å². The first-order valence-electron chi connectivity index (χ1n) is 34.6. The second-order valence-corrected chi connectivity index (χ2v) is 25.9. The fraction of sp³-hybridized carbons (Fsp3) is 0.806. The zero-order valence-electron chi connectivity index (χ0n) is 54.4. The van der Waals surface area contributed by atoms with Crippen molar-refractivity contribution in [3.8, 4) is 0 Å². The van der Waals surface area contributed by atoms with Crippen molar-refractivity contribution in [2.75, 3.05) is 47.5 Å². The molecular formula is C72H132NO8P. The van der Waals surface area contributed by atoms with Crippen LogP contribution in [0.15, 0.2) is 72.9 Å². The van der Waals surface area contributed by atoms with Crippen molar-refractivity contribution in [2.24, 2.45) is 0 Å². The lowest BCUT2D eigenvalue weighted by Gasteiger charge is -2.28. The van der Waals surface area contributed by atoms with E-state index in [2.05, 4.69) is 86.8 Å². The van der Waals surface area contributed by atoms with Gasteiger partial charge >= 0.3 is 11.9 Å². The van der Waals surface area contributed by atoms with Crippen LogP contribution in [0.5, 0.6) is 0 Å². The first-order chi connectivity index (χ1) is 40.0. The van der Waals surface area contributed by atoms with Crippen LogP contribution in [0.1, 0.15) is 322 Å². The first kappa shape index (κ1) is 79.5. The molecule has 0 bridgehead atoms. The van der Waals surface area contributed by atoms with Gasteiger partial charge in [0.1, 0.15) is 19.8 Å². The smallest absolute Gasteiger partial charge is 0.306 e. The molecule has 0 fully saturated rings. The van der Waals surface area contributed by atoms with Gasteiger partial charge in [0.05, 0.1) is 27.7 Å². The van der Waals surface area contributed by atoms with Crippen LogP contribution in [-0.2, 0) is 32.7 Å². The molecule has 0 saturated heterocycles. The van der Waals surface area contributed by atoms with Gasteiger partial charge in [0.25, 0.3) is 7.82 Å². The number of carbonyl (C=O) groups excluding carboxylic acids is 2. The van der Waals surface area contributed by atoms with Gasteiger partial charge in [0.15, 0.2) is 6.10 Å². The third kappa shape index (κ3) is 66.6. The Morgan fingerprint density at radius 2 is 0.695 bits per heavy atom. The Labute approximate surface area is 508 Å². The maximum atomic E-state index is 12.9. The molecule has 82 heavy (non-hydrogen) atoms. The van der Waals surface area contributed by atoms with Gasteiger partial charge in [-0.25, -0.2) is 0 Å². The Morgan fingerprint density at radius 3 is 1.05 bits per heavy atom. The predicted octanol–water partition coefficient (Wildman–Crippen LogP) is 21.8. The molecule has 10 heteroatoms. The number of carbonyl (C=O) groups is 2. The number of esters is 2. The van der Waals surface area contributed by atoms with E-state index < -0.39 is 26.5 Å². The minimum atomic E-state index is -4.64. The van der Waals surface area contributed by atoms with Gasteiger partial charge in [-0.05, 0) is 83.5 Å². The maximum absolute atomic E-state index is 12.9. The van der Waals surface area contributed by atoms with Crippen molar-refractivity contribution in [1.29, 1.82) is 0 Å². The number of hydrogen-bond donors (Lipinski definition) is 0. The van der Waals surface area contributed by atoms with Crippen LogP contribution in [0.25, 0.3) is 0 Å². The van der Waals surface area contributed by atoms with Gasteiger partial charge in [-0.2, -0.15) is 0 Å². The minimum Gasteiger partial charge on any atom is -0.756 e. The summed E-state index contributed by atoms with van der Waals surface area (Å²) in [7, 11) is 1.18. The monoisotopic (exact) mass is 1170 g/mol. The topological polar surface area (TPSA) is 111 Å². The van der Waals surface area contributed by atoms with Crippen LogP contribution in [0.2, 0.25) is 0 Å². The van der Waals surface area contributed by atoms with Crippen molar-refractivity contribution < 1.29 is 42.1 Å². The number of ether oxygens (including phenoxy) is 2. The van der Waals surface area contributed by atoms with E-state index in [4.69, 9.17) is 18.5 Å². The third-order valence-electron chi connectivity index (χ3n) is 15.2. The Bertz CT molecular complexity index is 1610. The summed E-state index contributed by atoms with van der Waals surface area (Å²) in [4.78, 5) is 38.0. The molecule has 0 saturated carbocycles. The van der Waals surface area contributed by atoms with Crippen molar-refractivity contribution in [3.05, 3.63) is 72.9 Å². The van der Waals surface area contributed by atoms with Gasteiger partial charge in [0.2, 0.25) is 0 Å². The summed E-state index contributed by atoms with van der Waals surface area (Å²) < 4.78 is 34.3. The van der Waals surface area contributed by atoms with Gasteiger partial charge in [0, 0.05) is 12.8 Å². The van der Waals surface area contributed by atoms with Crippen molar-refractivity contribution in [1.82, 2.24) is 0 Å². The molecular weight excluding hydrogens is 1040 g/mol. The quantitative estimate of drug-likeness (QED) is 0.0195. The summed E-state index contributed by atoms with van der Waals surface area (Å²) in [6.45, 7) is 4.17. The lowest BCUT2D eigenvalue weighted by molar-refractivity contribution is -0.870. The fourth-order valence-corrected chi connectivity index (χ4v) is 10.6. The largest absolute Gasteiger partial charge is 0.756 e. The van der Waals surface area contributed by atoms with Crippen LogP contribution in [0, 0.1) is 0 Å². The lowest BCUT2D eigenvalue weighted by Crippen LogP contribution is -2.37. The zero-order chi connectivity index (χ0) is 59.8. The van der Waals surface area contributed by atoms with Crippen molar-refractivity contribution in [3.63, 3.8) is 0 Å². The fourth-order valence-electron chi connectivity index (χ4n) is 9.92. The van der Waals surface area contributed by atoms with E-state index in [0.29, 0.717) is 17.4 Å². The van der Waals surface area contributed by atoms with E-state index >= 15 is 0 Å². The molecule has 0 aromatic rings. The zero-order valence-corrected chi connectivity index (χ0v) is 55.3. The Hall–Kier alpha value is -2.55. The number of likely N-dealkylation sites (N-methyl/N-ethyl adjacent to an activating group) is 1. The number of allylic oxidation sites excluding steroid dienone is 12. The standard InChI is InChI=1S/C72H132NO8P/c1-6-8-10-12-14-16-18-20-22-24-26-28-30-31-32-33-34-35-36-37-38-39-40-41-43-45-47-49-51-53-55-57-59-61-63-65-72(75)81-70(69-80-82(76,77)79-67-66-73(3,4)5)68-78-71(74)64-62-60-58-56-54-52-50-48-46-44-42-29-27-25-23-21-19-17-15-13-11-9-7-2/h8,10,14,16,20,22,25-28,31-32,70H,6-7,9,11-13,15,17-19,21,23-24,29-30,33-69H2,1-5H3/b10-8-,16-14-,22-20-,27-25-,28-26-,32-31-. The highest BCUT2D eigenvalue weighted by molar-refractivity contribution is 7.45. The van der Waals surface area contributed by atoms with Gasteiger partial charge in [-0.1, -0.05) is 299 Å². The van der Waals surface area contributed by atoms with E-state index in [1.165, 1.54) is 218 Å². The average molecular weight is 1170 g/mol.